The summed E-state index contributed by atoms with van der Waals surface area (Å²) in [5.41, 5.74) is 0.967. The Labute approximate surface area is 122 Å². The number of hydrogen-bond donors (Lipinski definition) is 0. The Morgan fingerprint density at radius 2 is 1.90 bits per heavy atom. The van der Waals surface area contributed by atoms with Crippen LogP contribution in [0.2, 0.25) is 0 Å². The molecule has 0 spiro atoms. The van der Waals surface area contributed by atoms with Gasteiger partial charge in [-0.1, -0.05) is 6.92 Å². The molecule has 1 heterocycles. The minimum Gasteiger partial charge on any atom is -0.207 e. The predicted octanol–water partition coefficient (Wildman–Crippen LogP) is 3.49. The molecule has 2 aromatic rings. The van der Waals surface area contributed by atoms with E-state index in [9.17, 15) is 12.8 Å². The second kappa shape index (κ2) is 6.47. The van der Waals surface area contributed by atoms with Crippen LogP contribution in [-0.2, 0) is 16.6 Å². The first-order chi connectivity index (χ1) is 9.54. The maximum atomic E-state index is 12.9. The minimum atomic E-state index is -3.58. The van der Waals surface area contributed by atoms with Crippen molar-refractivity contribution in [3.63, 3.8) is 0 Å². The van der Waals surface area contributed by atoms with Crippen LogP contribution in [0.15, 0.2) is 46.0 Å². The summed E-state index contributed by atoms with van der Waals surface area (Å²) in [4.78, 5) is 0.127. The van der Waals surface area contributed by atoms with Crippen molar-refractivity contribution in [3.8, 4) is 0 Å². The van der Waals surface area contributed by atoms with E-state index in [0.717, 1.165) is 12.0 Å². The molecule has 3 nitrogen and oxygen atoms in total. The fourth-order valence-electron chi connectivity index (χ4n) is 1.88. The third kappa shape index (κ3) is 3.45. The number of hydrogen-bond acceptors (Lipinski definition) is 3. The number of nitrogens with zero attached hydrogens (tertiary/aromatic N) is 1. The molecule has 6 heteroatoms. The second-order valence-corrected chi connectivity index (χ2v) is 7.14. The normalized spacial score (nSPS) is 11.9. The van der Waals surface area contributed by atoms with Crippen LogP contribution in [0.3, 0.4) is 0 Å². The van der Waals surface area contributed by atoms with Gasteiger partial charge in [0.1, 0.15) is 5.82 Å². The highest BCUT2D eigenvalue weighted by Crippen LogP contribution is 2.20. The molecule has 1 aromatic carbocycles. The van der Waals surface area contributed by atoms with E-state index in [0.29, 0.717) is 13.1 Å². The second-order valence-electron chi connectivity index (χ2n) is 4.42. The Kier molecular flexibility index (Phi) is 4.91. The van der Waals surface area contributed by atoms with E-state index >= 15 is 0 Å². The van der Waals surface area contributed by atoms with Gasteiger partial charge in [-0.3, -0.25) is 0 Å². The van der Waals surface area contributed by atoms with Gasteiger partial charge in [-0.25, -0.2) is 12.8 Å². The molecule has 0 saturated carbocycles. The van der Waals surface area contributed by atoms with Crippen LogP contribution < -0.4 is 0 Å². The molecule has 2 rings (SSSR count). The summed E-state index contributed by atoms with van der Waals surface area (Å²) in [5, 5.41) is 3.85. The molecule has 0 radical (unpaired) electrons. The topological polar surface area (TPSA) is 37.4 Å². The van der Waals surface area contributed by atoms with Gasteiger partial charge in [0.25, 0.3) is 0 Å². The number of halogens is 1. The fraction of sp³-hybridized carbons (Fsp3) is 0.286. The van der Waals surface area contributed by atoms with Crippen LogP contribution in [-0.4, -0.2) is 19.3 Å². The Hall–Kier alpha value is -1.24. The lowest BCUT2D eigenvalue weighted by molar-refractivity contribution is 0.406. The lowest BCUT2D eigenvalue weighted by Crippen LogP contribution is -2.31. The fourth-order valence-corrected chi connectivity index (χ4v) is 4.06. The highest BCUT2D eigenvalue weighted by molar-refractivity contribution is 7.89. The molecule has 108 valence electrons. The molecule has 0 aliphatic heterocycles. The molecule has 0 unspecified atom stereocenters. The first-order valence-corrected chi connectivity index (χ1v) is 8.69. The van der Waals surface area contributed by atoms with E-state index in [-0.39, 0.29) is 4.90 Å². The van der Waals surface area contributed by atoms with Gasteiger partial charge in [-0.2, -0.15) is 15.6 Å². The molecule has 20 heavy (non-hydrogen) atoms. The zero-order valence-corrected chi connectivity index (χ0v) is 12.8. The zero-order chi connectivity index (χ0) is 14.6. The van der Waals surface area contributed by atoms with Gasteiger partial charge >= 0.3 is 0 Å². The average Bonchev–Trinajstić information content (AvgIpc) is 2.92. The third-order valence-electron chi connectivity index (χ3n) is 2.86. The van der Waals surface area contributed by atoms with E-state index in [1.165, 1.54) is 39.9 Å². The number of thiophene rings is 1. The van der Waals surface area contributed by atoms with Gasteiger partial charge in [-0.15, -0.1) is 0 Å². The Morgan fingerprint density at radius 3 is 2.45 bits per heavy atom. The van der Waals surface area contributed by atoms with Gasteiger partial charge in [0.15, 0.2) is 0 Å². The van der Waals surface area contributed by atoms with Crippen molar-refractivity contribution in [2.24, 2.45) is 0 Å². The number of rotatable bonds is 6. The predicted molar refractivity (Wildman–Crippen MR) is 78.6 cm³/mol. The molecule has 0 atom stereocenters. The monoisotopic (exact) mass is 313 g/mol. The van der Waals surface area contributed by atoms with Crippen molar-refractivity contribution in [2.45, 2.75) is 24.8 Å². The highest BCUT2D eigenvalue weighted by Gasteiger charge is 2.24. The molecule has 0 N–H and O–H groups in total. The van der Waals surface area contributed by atoms with Crippen molar-refractivity contribution in [2.75, 3.05) is 6.54 Å². The van der Waals surface area contributed by atoms with Crippen molar-refractivity contribution in [3.05, 3.63) is 52.5 Å². The van der Waals surface area contributed by atoms with Crippen LogP contribution >= 0.6 is 11.3 Å². The summed E-state index contributed by atoms with van der Waals surface area (Å²) in [6.45, 7) is 2.72. The molecule has 0 bridgehead atoms. The quantitative estimate of drug-likeness (QED) is 0.818. The van der Waals surface area contributed by atoms with Gasteiger partial charge < -0.3 is 0 Å². The van der Waals surface area contributed by atoms with E-state index in [1.807, 2.05) is 23.8 Å². The average molecular weight is 313 g/mol. The Balaban J connectivity index is 2.29. The van der Waals surface area contributed by atoms with Crippen molar-refractivity contribution < 1.29 is 12.8 Å². The SMILES string of the molecule is CCCN(Cc1ccsc1)S(=O)(=O)c1ccc(F)cc1. The lowest BCUT2D eigenvalue weighted by atomic mass is 10.3. The molecule has 0 aliphatic rings. The van der Waals surface area contributed by atoms with Gasteiger partial charge in [-0.05, 0) is 53.1 Å². The van der Waals surface area contributed by atoms with Crippen molar-refractivity contribution in [1.82, 2.24) is 4.31 Å². The molecular weight excluding hydrogens is 297 g/mol. The van der Waals surface area contributed by atoms with Crippen LogP contribution in [0.25, 0.3) is 0 Å². The molecule has 0 amide bonds. The summed E-state index contributed by atoms with van der Waals surface area (Å²) < 4.78 is 39.5. The minimum absolute atomic E-state index is 0.127. The molecule has 0 fully saturated rings. The first-order valence-electron chi connectivity index (χ1n) is 6.31. The smallest absolute Gasteiger partial charge is 0.207 e. The van der Waals surface area contributed by atoms with E-state index < -0.39 is 15.8 Å². The molecule has 0 aliphatic carbocycles. The molecule has 0 saturated heterocycles. The summed E-state index contributed by atoms with van der Waals surface area (Å²) >= 11 is 1.54. The largest absolute Gasteiger partial charge is 0.243 e. The van der Waals surface area contributed by atoms with Crippen LogP contribution in [0, 0.1) is 5.82 Å². The zero-order valence-electron chi connectivity index (χ0n) is 11.1. The number of benzene rings is 1. The number of sulfonamides is 1. The molecular formula is C14H16FNO2S2. The van der Waals surface area contributed by atoms with Crippen LogP contribution in [0.4, 0.5) is 4.39 Å². The maximum absolute atomic E-state index is 12.9. The van der Waals surface area contributed by atoms with Crippen LogP contribution in [0.1, 0.15) is 18.9 Å². The summed E-state index contributed by atoms with van der Waals surface area (Å²) in [5.74, 6) is -0.441. The third-order valence-corrected chi connectivity index (χ3v) is 5.45. The summed E-state index contributed by atoms with van der Waals surface area (Å²) in [6.07, 6.45) is 0.727. The maximum Gasteiger partial charge on any atom is 0.243 e. The van der Waals surface area contributed by atoms with E-state index in [2.05, 4.69) is 0 Å². The standard InChI is InChI=1S/C14H16FNO2S2/c1-2-8-16(10-12-7-9-19-11-12)20(17,18)14-5-3-13(15)4-6-14/h3-7,9,11H,2,8,10H2,1H3. The summed E-state index contributed by atoms with van der Waals surface area (Å²) in [7, 11) is -3.58. The van der Waals surface area contributed by atoms with Gasteiger partial charge in [0.05, 0.1) is 4.90 Å². The molecule has 1 aromatic heterocycles. The van der Waals surface area contributed by atoms with E-state index in [1.54, 1.807) is 0 Å². The Bertz CT molecular complexity index is 636. The lowest BCUT2D eigenvalue weighted by Gasteiger charge is -2.21. The first kappa shape index (κ1) is 15.2. The van der Waals surface area contributed by atoms with Crippen LogP contribution in [0.5, 0.6) is 0 Å². The highest BCUT2D eigenvalue weighted by atomic mass is 32.2. The van der Waals surface area contributed by atoms with Crippen molar-refractivity contribution in [1.29, 1.82) is 0 Å². The van der Waals surface area contributed by atoms with Gasteiger partial charge in [0, 0.05) is 13.1 Å². The summed E-state index contributed by atoms with van der Waals surface area (Å²) in [6, 6.07) is 6.86. The Morgan fingerprint density at radius 1 is 1.20 bits per heavy atom. The van der Waals surface area contributed by atoms with E-state index in [4.69, 9.17) is 0 Å². The van der Waals surface area contributed by atoms with Crippen molar-refractivity contribution >= 4 is 21.4 Å². The van der Waals surface area contributed by atoms with Gasteiger partial charge in [0.2, 0.25) is 10.0 Å².